The van der Waals surface area contributed by atoms with Crippen LogP contribution in [0.1, 0.15) is 26.3 Å². The third-order valence-corrected chi connectivity index (χ3v) is 2.53. The van der Waals surface area contributed by atoms with Crippen molar-refractivity contribution in [3.05, 3.63) is 48.0 Å². The van der Waals surface area contributed by atoms with Gasteiger partial charge in [0.2, 0.25) is 0 Å². The summed E-state index contributed by atoms with van der Waals surface area (Å²) in [6.45, 7) is 6.75. The maximum Gasteiger partial charge on any atom is -0.0126 e. The van der Waals surface area contributed by atoms with E-state index >= 15 is 0 Å². The molecule has 0 spiro atoms. The molecule has 2 aromatic carbocycles. The van der Waals surface area contributed by atoms with Crippen LogP contribution in [0.4, 0.5) is 0 Å². The SMILES string of the molecule is CC(C)(C)c1cccc2c[c]ccc12. The van der Waals surface area contributed by atoms with E-state index in [1.54, 1.807) is 0 Å². The van der Waals surface area contributed by atoms with E-state index in [2.05, 4.69) is 51.1 Å². The number of hydrogen-bond acceptors (Lipinski definition) is 0. The molecule has 14 heavy (non-hydrogen) atoms. The van der Waals surface area contributed by atoms with Gasteiger partial charge in [0, 0.05) is 0 Å². The van der Waals surface area contributed by atoms with Crippen LogP contribution in [0.5, 0.6) is 0 Å². The van der Waals surface area contributed by atoms with Crippen LogP contribution in [-0.2, 0) is 5.41 Å². The quantitative estimate of drug-likeness (QED) is 0.580. The van der Waals surface area contributed by atoms with Crippen molar-refractivity contribution in [3.63, 3.8) is 0 Å². The normalized spacial score (nSPS) is 11.9. The molecule has 0 atom stereocenters. The van der Waals surface area contributed by atoms with Crippen molar-refractivity contribution >= 4 is 10.8 Å². The molecule has 0 N–H and O–H groups in total. The first kappa shape index (κ1) is 9.26. The monoisotopic (exact) mass is 183 g/mol. The summed E-state index contributed by atoms with van der Waals surface area (Å²) >= 11 is 0. The van der Waals surface area contributed by atoms with Gasteiger partial charge in [-0.05, 0) is 33.9 Å². The van der Waals surface area contributed by atoms with Gasteiger partial charge in [-0.3, -0.25) is 0 Å². The van der Waals surface area contributed by atoms with Crippen LogP contribution >= 0.6 is 0 Å². The molecule has 2 aromatic rings. The molecule has 0 nitrogen and oxygen atoms in total. The summed E-state index contributed by atoms with van der Waals surface area (Å²) in [6.07, 6.45) is 0. The lowest BCUT2D eigenvalue weighted by Gasteiger charge is -2.21. The van der Waals surface area contributed by atoms with E-state index in [4.69, 9.17) is 0 Å². The Kier molecular flexibility index (Phi) is 2.07. The van der Waals surface area contributed by atoms with Crippen molar-refractivity contribution in [2.24, 2.45) is 0 Å². The lowest BCUT2D eigenvalue weighted by atomic mass is 9.84. The highest BCUT2D eigenvalue weighted by molar-refractivity contribution is 5.86. The molecule has 0 bridgehead atoms. The minimum Gasteiger partial charge on any atom is -0.0613 e. The highest BCUT2D eigenvalue weighted by Gasteiger charge is 2.15. The van der Waals surface area contributed by atoms with Crippen LogP contribution in [0, 0.1) is 6.07 Å². The van der Waals surface area contributed by atoms with Gasteiger partial charge in [-0.15, -0.1) is 0 Å². The van der Waals surface area contributed by atoms with E-state index < -0.39 is 0 Å². The highest BCUT2D eigenvalue weighted by Crippen LogP contribution is 2.29. The maximum atomic E-state index is 3.11. The zero-order valence-corrected chi connectivity index (χ0v) is 8.96. The Morgan fingerprint density at radius 1 is 1.07 bits per heavy atom. The first-order valence-electron chi connectivity index (χ1n) is 4.98. The van der Waals surface area contributed by atoms with E-state index in [-0.39, 0.29) is 5.41 Å². The third kappa shape index (κ3) is 1.52. The molecule has 0 aliphatic heterocycles. The molecule has 0 unspecified atom stereocenters. The van der Waals surface area contributed by atoms with Crippen LogP contribution in [-0.4, -0.2) is 0 Å². The Bertz CT molecular complexity index is 442. The summed E-state index contributed by atoms with van der Waals surface area (Å²) in [5.41, 5.74) is 1.62. The van der Waals surface area contributed by atoms with Gasteiger partial charge in [0.05, 0.1) is 0 Å². The van der Waals surface area contributed by atoms with Crippen molar-refractivity contribution in [2.75, 3.05) is 0 Å². The molecule has 0 aliphatic rings. The summed E-state index contributed by atoms with van der Waals surface area (Å²) in [7, 11) is 0. The Balaban J connectivity index is 2.78. The Labute approximate surface area is 85.6 Å². The Hall–Kier alpha value is -1.30. The standard InChI is InChI=1S/C14H15/c1-14(2,3)13-10-6-8-11-7-4-5-9-12(11)13/h5-10H,1-3H3. The second-order valence-electron chi connectivity index (χ2n) is 4.70. The van der Waals surface area contributed by atoms with Crippen LogP contribution in [0.3, 0.4) is 0 Å². The van der Waals surface area contributed by atoms with Crippen molar-refractivity contribution < 1.29 is 0 Å². The van der Waals surface area contributed by atoms with Gasteiger partial charge < -0.3 is 0 Å². The van der Waals surface area contributed by atoms with E-state index in [1.165, 1.54) is 16.3 Å². The second-order valence-corrected chi connectivity index (χ2v) is 4.70. The van der Waals surface area contributed by atoms with Gasteiger partial charge in [-0.1, -0.05) is 51.1 Å². The van der Waals surface area contributed by atoms with Gasteiger partial charge in [0.25, 0.3) is 0 Å². The number of hydrogen-bond donors (Lipinski definition) is 0. The molecule has 0 heterocycles. The molecule has 2 rings (SSSR count). The first-order chi connectivity index (χ1) is 6.59. The maximum absolute atomic E-state index is 3.11. The van der Waals surface area contributed by atoms with Crippen molar-refractivity contribution in [1.29, 1.82) is 0 Å². The fourth-order valence-corrected chi connectivity index (χ4v) is 1.82. The minimum absolute atomic E-state index is 0.209. The molecule has 0 amide bonds. The minimum atomic E-state index is 0.209. The average Bonchev–Trinajstić information content (AvgIpc) is 2.15. The largest absolute Gasteiger partial charge is 0.0613 e. The lowest BCUT2D eigenvalue weighted by Crippen LogP contribution is -2.11. The van der Waals surface area contributed by atoms with E-state index in [1.807, 2.05) is 12.1 Å². The summed E-state index contributed by atoms with van der Waals surface area (Å²) in [5, 5.41) is 2.62. The van der Waals surface area contributed by atoms with E-state index in [9.17, 15) is 0 Å². The molecule has 1 radical (unpaired) electrons. The van der Waals surface area contributed by atoms with E-state index in [0.29, 0.717) is 0 Å². The Morgan fingerprint density at radius 2 is 1.86 bits per heavy atom. The number of benzene rings is 2. The van der Waals surface area contributed by atoms with Crippen LogP contribution in [0.25, 0.3) is 10.8 Å². The number of rotatable bonds is 0. The zero-order chi connectivity index (χ0) is 10.2. The van der Waals surface area contributed by atoms with Crippen molar-refractivity contribution in [3.8, 4) is 0 Å². The fourth-order valence-electron chi connectivity index (χ4n) is 1.82. The molecule has 0 heteroatoms. The molecule has 0 aliphatic carbocycles. The smallest absolute Gasteiger partial charge is 0.0126 e. The molecule has 71 valence electrons. The van der Waals surface area contributed by atoms with Crippen molar-refractivity contribution in [1.82, 2.24) is 0 Å². The van der Waals surface area contributed by atoms with Crippen LogP contribution < -0.4 is 0 Å². The van der Waals surface area contributed by atoms with Gasteiger partial charge in [-0.2, -0.15) is 0 Å². The summed E-state index contributed by atoms with van der Waals surface area (Å²) in [5.74, 6) is 0. The van der Waals surface area contributed by atoms with Gasteiger partial charge in [0.15, 0.2) is 0 Å². The topological polar surface area (TPSA) is 0 Å². The van der Waals surface area contributed by atoms with Gasteiger partial charge >= 0.3 is 0 Å². The van der Waals surface area contributed by atoms with Crippen molar-refractivity contribution in [2.45, 2.75) is 26.2 Å². The zero-order valence-electron chi connectivity index (χ0n) is 8.96. The van der Waals surface area contributed by atoms with Gasteiger partial charge in [-0.25, -0.2) is 0 Å². The Morgan fingerprint density at radius 3 is 2.57 bits per heavy atom. The predicted octanol–water partition coefficient (Wildman–Crippen LogP) is 3.94. The second kappa shape index (κ2) is 3.13. The molecular weight excluding hydrogens is 168 g/mol. The summed E-state index contributed by atoms with van der Waals surface area (Å²) in [6, 6.07) is 15.8. The average molecular weight is 183 g/mol. The highest BCUT2D eigenvalue weighted by atomic mass is 14.2. The fraction of sp³-hybridized carbons (Fsp3) is 0.286. The first-order valence-corrected chi connectivity index (χ1v) is 4.98. The molecule has 0 aromatic heterocycles. The lowest BCUT2D eigenvalue weighted by molar-refractivity contribution is 0.596. The molecule has 0 saturated carbocycles. The van der Waals surface area contributed by atoms with Gasteiger partial charge in [0.1, 0.15) is 0 Å². The summed E-state index contributed by atoms with van der Waals surface area (Å²) < 4.78 is 0. The third-order valence-electron chi connectivity index (χ3n) is 2.53. The van der Waals surface area contributed by atoms with Crippen LogP contribution in [0.2, 0.25) is 0 Å². The predicted molar refractivity (Wildman–Crippen MR) is 61.5 cm³/mol. The molecular formula is C14H15. The van der Waals surface area contributed by atoms with E-state index in [0.717, 1.165) is 0 Å². The molecule has 0 fully saturated rings. The number of fused-ring (bicyclic) bond motifs is 1. The molecule has 0 saturated heterocycles. The summed E-state index contributed by atoms with van der Waals surface area (Å²) in [4.78, 5) is 0. The van der Waals surface area contributed by atoms with Crippen LogP contribution in [0.15, 0.2) is 36.4 Å².